The fourth-order valence-corrected chi connectivity index (χ4v) is 4.27. The van der Waals surface area contributed by atoms with Crippen molar-refractivity contribution in [1.29, 1.82) is 5.26 Å². The minimum Gasteiger partial charge on any atom is -0.476 e. The molecule has 0 saturated carbocycles. The molecule has 0 aliphatic carbocycles. The first kappa shape index (κ1) is 22.7. The maximum atomic E-state index is 13.2. The summed E-state index contributed by atoms with van der Waals surface area (Å²) in [6.07, 6.45) is -0.997. The summed E-state index contributed by atoms with van der Waals surface area (Å²) in [5.74, 6) is -0.0147. The second kappa shape index (κ2) is 9.98. The largest absolute Gasteiger partial charge is 0.476 e. The molecule has 0 spiro atoms. The Morgan fingerprint density at radius 2 is 1.76 bits per heavy atom. The van der Waals surface area contributed by atoms with Crippen molar-refractivity contribution in [3.05, 3.63) is 87.9 Å². The smallest absolute Gasteiger partial charge is 0.271 e. The highest BCUT2D eigenvalue weighted by molar-refractivity contribution is 7.22. The van der Waals surface area contributed by atoms with Crippen LogP contribution < -0.4 is 10.1 Å². The van der Waals surface area contributed by atoms with Crippen molar-refractivity contribution in [2.24, 2.45) is 0 Å². The van der Waals surface area contributed by atoms with Crippen molar-refractivity contribution in [1.82, 2.24) is 4.98 Å². The summed E-state index contributed by atoms with van der Waals surface area (Å²) in [4.78, 5) is 17.7. The zero-order valence-corrected chi connectivity index (χ0v) is 18.7. The summed E-state index contributed by atoms with van der Waals surface area (Å²) >= 11 is 7.25. The third kappa shape index (κ3) is 5.13. The van der Waals surface area contributed by atoms with Crippen molar-refractivity contribution in [3.63, 3.8) is 0 Å². The van der Waals surface area contributed by atoms with E-state index in [0.29, 0.717) is 43.7 Å². The second-order valence-corrected chi connectivity index (χ2v) is 8.57. The molecule has 3 aromatic carbocycles. The van der Waals surface area contributed by atoms with Gasteiger partial charge in [0.25, 0.3) is 5.91 Å². The van der Waals surface area contributed by atoms with Crippen LogP contribution in [0.5, 0.6) is 5.75 Å². The molecule has 166 valence electrons. The summed E-state index contributed by atoms with van der Waals surface area (Å²) in [5, 5.41) is 31.7. The molecular weight excluding hydrogens is 462 g/mol. The number of ether oxygens (including phenoxy) is 1. The highest BCUT2D eigenvalue weighted by Crippen LogP contribution is 2.31. The van der Waals surface area contributed by atoms with Gasteiger partial charge in [-0.25, -0.2) is 4.98 Å². The highest BCUT2D eigenvalue weighted by atomic mass is 35.5. The molecule has 3 N–H and O–H groups in total. The van der Waals surface area contributed by atoms with Crippen molar-refractivity contribution in [2.45, 2.75) is 19.3 Å². The monoisotopic (exact) mass is 479 g/mol. The molecule has 1 atom stereocenters. The number of nitriles is 1. The number of hydrogen-bond donors (Lipinski definition) is 3. The summed E-state index contributed by atoms with van der Waals surface area (Å²) in [7, 11) is 0. The molecule has 1 heterocycles. The van der Waals surface area contributed by atoms with Gasteiger partial charge in [-0.2, -0.15) is 5.26 Å². The number of hydrogen-bond acceptors (Lipinski definition) is 7. The lowest BCUT2D eigenvalue weighted by Crippen LogP contribution is -2.25. The summed E-state index contributed by atoms with van der Waals surface area (Å²) in [6.45, 7) is -0.426. The Bertz CT molecular complexity index is 1290. The van der Waals surface area contributed by atoms with E-state index < -0.39 is 12.0 Å². The van der Waals surface area contributed by atoms with Crippen LogP contribution in [0.2, 0.25) is 5.02 Å². The van der Waals surface area contributed by atoms with Crippen LogP contribution in [0.15, 0.2) is 60.7 Å². The van der Waals surface area contributed by atoms with E-state index in [1.54, 1.807) is 60.7 Å². The number of carbonyl (C=O) groups is 1. The number of benzene rings is 3. The predicted molar refractivity (Wildman–Crippen MR) is 126 cm³/mol. The third-order valence-corrected chi connectivity index (χ3v) is 6.11. The number of nitrogens with zero attached hydrogens (tertiary/aromatic N) is 2. The zero-order chi connectivity index (χ0) is 23.4. The number of thiazole rings is 1. The molecule has 7 nitrogen and oxygen atoms in total. The van der Waals surface area contributed by atoms with E-state index in [1.165, 1.54) is 11.3 Å². The van der Waals surface area contributed by atoms with Crippen molar-refractivity contribution < 1.29 is 19.7 Å². The van der Waals surface area contributed by atoms with Gasteiger partial charge in [0.15, 0.2) is 5.13 Å². The molecule has 4 aromatic rings. The Morgan fingerprint density at radius 3 is 2.39 bits per heavy atom. The molecule has 1 aromatic heterocycles. The van der Waals surface area contributed by atoms with E-state index >= 15 is 0 Å². The van der Waals surface area contributed by atoms with Gasteiger partial charge in [0, 0.05) is 10.6 Å². The minimum absolute atomic E-state index is 0.206. The normalized spacial score (nSPS) is 11.7. The molecule has 0 aliphatic rings. The number of aliphatic hydroxyl groups is 2. The zero-order valence-electron chi connectivity index (χ0n) is 17.2. The van der Waals surface area contributed by atoms with E-state index in [-0.39, 0.29) is 13.2 Å². The third-order valence-electron chi connectivity index (χ3n) is 4.93. The van der Waals surface area contributed by atoms with Crippen molar-refractivity contribution in [2.75, 3.05) is 5.32 Å². The Balaban J connectivity index is 1.62. The van der Waals surface area contributed by atoms with E-state index in [2.05, 4.69) is 10.3 Å². The Kier molecular flexibility index (Phi) is 6.87. The Morgan fingerprint density at radius 1 is 1.09 bits per heavy atom. The number of aromatic nitrogens is 1. The number of fused-ring (bicyclic) bond motifs is 1. The topological polar surface area (TPSA) is 115 Å². The van der Waals surface area contributed by atoms with Gasteiger partial charge in [-0.05, 0) is 59.7 Å². The number of nitrogens with one attached hydrogen (secondary N) is 1. The van der Waals surface area contributed by atoms with Crippen LogP contribution in [0.3, 0.4) is 0 Å². The second-order valence-electron chi connectivity index (χ2n) is 7.10. The molecule has 33 heavy (non-hydrogen) atoms. The van der Waals surface area contributed by atoms with Crippen LogP contribution in [0.1, 0.15) is 28.4 Å². The molecule has 0 fully saturated rings. The van der Waals surface area contributed by atoms with Gasteiger partial charge < -0.3 is 14.9 Å². The first-order chi connectivity index (χ1) is 16.0. The molecule has 4 rings (SSSR count). The average molecular weight is 480 g/mol. The Labute approximate surface area is 198 Å². The van der Waals surface area contributed by atoms with Crippen LogP contribution in [-0.2, 0) is 18.0 Å². The number of amides is 1. The van der Waals surface area contributed by atoms with Gasteiger partial charge in [0.2, 0.25) is 6.10 Å². The van der Waals surface area contributed by atoms with Crippen LogP contribution in [0, 0.1) is 11.3 Å². The fourth-order valence-electron chi connectivity index (χ4n) is 3.23. The van der Waals surface area contributed by atoms with E-state index in [4.69, 9.17) is 21.6 Å². The number of anilines is 1. The average Bonchev–Trinajstić information content (AvgIpc) is 3.23. The maximum Gasteiger partial charge on any atom is 0.271 e. The van der Waals surface area contributed by atoms with Gasteiger partial charge >= 0.3 is 0 Å². The molecule has 0 aliphatic heterocycles. The van der Waals surface area contributed by atoms with Gasteiger partial charge in [0.05, 0.1) is 35.1 Å². The van der Waals surface area contributed by atoms with E-state index in [0.717, 1.165) is 4.70 Å². The lowest BCUT2D eigenvalue weighted by Gasteiger charge is -2.18. The van der Waals surface area contributed by atoms with E-state index in [1.807, 2.05) is 6.07 Å². The molecule has 1 amide bonds. The molecular formula is C24H18ClN3O4S. The van der Waals surface area contributed by atoms with Gasteiger partial charge in [-0.15, -0.1) is 0 Å². The molecule has 0 radical (unpaired) electrons. The highest BCUT2D eigenvalue weighted by Gasteiger charge is 2.24. The SMILES string of the molecule is N#Cc1ccc(OC(C(=O)Nc2nc3cc(CO)c(CO)cc3s2)c2ccc(Cl)cc2)cc1. The van der Waals surface area contributed by atoms with Crippen LogP contribution in [0.4, 0.5) is 5.13 Å². The number of rotatable bonds is 7. The van der Waals surface area contributed by atoms with Crippen molar-refractivity contribution >= 4 is 44.2 Å². The first-order valence-corrected chi connectivity index (χ1v) is 11.1. The Hall–Kier alpha value is -3.48. The number of carbonyl (C=O) groups excluding carboxylic acids is 1. The summed E-state index contributed by atoms with van der Waals surface area (Å²) < 4.78 is 6.73. The van der Waals surface area contributed by atoms with Gasteiger partial charge in [-0.3, -0.25) is 10.1 Å². The van der Waals surface area contributed by atoms with Crippen LogP contribution in [-0.4, -0.2) is 21.1 Å². The van der Waals surface area contributed by atoms with Crippen molar-refractivity contribution in [3.8, 4) is 11.8 Å². The van der Waals surface area contributed by atoms with E-state index in [9.17, 15) is 15.0 Å². The maximum absolute atomic E-state index is 13.2. The van der Waals surface area contributed by atoms with Gasteiger partial charge in [-0.1, -0.05) is 35.1 Å². The predicted octanol–water partition coefficient (Wildman–Crippen LogP) is 4.56. The number of halogens is 1. The molecule has 0 saturated heterocycles. The first-order valence-electron chi connectivity index (χ1n) is 9.88. The molecule has 9 heteroatoms. The summed E-state index contributed by atoms with van der Waals surface area (Å²) in [6, 6.07) is 18.7. The minimum atomic E-state index is -0.997. The van der Waals surface area contributed by atoms with Gasteiger partial charge in [0.1, 0.15) is 5.75 Å². The fraction of sp³-hybridized carbons (Fsp3) is 0.125. The summed E-state index contributed by atoms with van der Waals surface area (Å²) in [5.41, 5.74) is 2.86. The lowest BCUT2D eigenvalue weighted by atomic mass is 10.1. The van der Waals surface area contributed by atoms with Crippen LogP contribution in [0.25, 0.3) is 10.2 Å². The number of aliphatic hydroxyl groups excluding tert-OH is 2. The quantitative estimate of drug-likeness (QED) is 0.358. The molecule has 1 unspecified atom stereocenters. The standard InChI is InChI=1S/C24H18ClN3O4S/c25-18-5-3-15(4-6-18)22(32-19-7-1-14(11-26)2-8-19)23(31)28-24-27-20-9-16(12-29)17(13-30)10-21(20)33-24/h1-10,22,29-30H,12-13H2,(H,27,28,31). The molecule has 0 bridgehead atoms. The van der Waals surface area contributed by atoms with Crippen LogP contribution >= 0.6 is 22.9 Å². The lowest BCUT2D eigenvalue weighted by molar-refractivity contribution is -0.123.